The zero-order chi connectivity index (χ0) is 23.8. The Bertz CT molecular complexity index is 1310. The molecular formula is C21H21N5O6S. The predicted molar refractivity (Wildman–Crippen MR) is 121 cm³/mol. The van der Waals surface area contributed by atoms with Gasteiger partial charge in [-0.05, 0) is 61.9 Å². The number of H-pyrrole nitrogens is 1. The molecule has 0 saturated heterocycles. The molecule has 0 amide bonds. The van der Waals surface area contributed by atoms with Crippen LogP contribution in [0.15, 0.2) is 64.6 Å². The molecule has 4 N–H and O–H groups in total. The van der Waals surface area contributed by atoms with E-state index in [1.54, 1.807) is 29.4 Å². The number of carboxylic acids is 1. The zero-order valence-corrected chi connectivity index (χ0v) is 18.5. The summed E-state index contributed by atoms with van der Waals surface area (Å²) < 4.78 is 37.3. The molecule has 1 aromatic heterocycles. The van der Waals surface area contributed by atoms with Gasteiger partial charge in [-0.25, -0.2) is 4.79 Å². The van der Waals surface area contributed by atoms with Gasteiger partial charge >= 0.3 is 5.97 Å². The van der Waals surface area contributed by atoms with Crippen LogP contribution in [0.5, 0.6) is 5.75 Å². The summed E-state index contributed by atoms with van der Waals surface area (Å²) >= 11 is 0. The van der Waals surface area contributed by atoms with Crippen molar-refractivity contribution in [2.45, 2.75) is 18.7 Å². The van der Waals surface area contributed by atoms with Crippen molar-refractivity contribution in [3.63, 3.8) is 0 Å². The molecule has 0 bridgehead atoms. The summed E-state index contributed by atoms with van der Waals surface area (Å²) in [6.07, 6.45) is 0. The van der Waals surface area contributed by atoms with Gasteiger partial charge in [0.2, 0.25) is 0 Å². The van der Waals surface area contributed by atoms with Crippen molar-refractivity contribution in [1.29, 1.82) is 0 Å². The second kappa shape index (κ2) is 8.48. The highest BCUT2D eigenvalue weighted by molar-refractivity contribution is 7.85. The minimum absolute atomic E-state index is 0.232. The Hall–Kier alpha value is -4.03. The molecule has 4 rings (SSSR count). The van der Waals surface area contributed by atoms with Crippen LogP contribution in [0.2, 0.25) is 0 Å². The van der Waals surface area contributed by atoms with Gasteiger partial charge in [0.1, 0.15) is 5.75 Å². The van der Waals surface area contributed by atoms with Crippen LogP contribution in [-0.4, -0.2) is 41.5 Å². The third-order valence-electron chi connectivity index (χ3n) is 4.92. The number of anilines is 2. The van der Waals surface area contributed by atoms with Crippen molar-refractivity contribution in [3.05, 3.63) is 71.4 Å². The number of nitrogens with one attached hydrogen (secondary N) is 2. The molecule has 0 spiro atoms. The molecule has 33 heavy (non-hydrogen) atoms. The van der Waals surface area contributed by atoms with Gasteiger partial charge in [-0.15, -0.1) is 10.2 Å². The van der Waals surface area contributed by atoms with Crippen LogP contribution < -0.4 is 20.4 Å². The Morgan fingerprint density at radius 3 is 2.45 bits per heavy atom. The molecule has 2 heterocycles. The summed E-state index contributed by atoms with van der Waals surface area (Å²) in [5.41, 5.74) is 6.35. The maximum Gasteiger partial charge on any atom is 0.341 e. The zero-order valence-electron chi connectivity index (χ0n) is 17.7. The first kappa shape index (κ1) is 22.2. The number of hydrazine groups is 2. The summed E-state index contributed by atoms with van der Waals surface area (Å²) in [5.74, 6) is 0.411. The first-order valence-corrected chi connectivity index (χ1v) is 11.2. The topological polar surface area (TPSA) is 148 Å². The van der Waals surface area contributed by atoms with Crippen LogP contribution in [0.1, 0.15) is 16.8 Å². The molecule has 0 saturated carbocycles. The Morgan fingerprint density at radius 2 is 1.85 bits per heavy atom. The number of ether oxygens (including phenoxy) is 1. The van der Waals surface area contributed by atoms with Gasteiger partial charge in [-0.1, -0.05) is 12.1 Å². The number of nitrogens with zero attached hydrogens (tertiary/aromatic N) is 3. The molecule has 0 unspecified atom stereocenters. The Kier molecular flexibility index (Phi) is 5.70. The summed E-state index contributed by atoms with van der Waals surface area (Å²) in [6, 6.07) is 14.3. The Morgan fingerprint density at radius 1 is 1.12 bits per heavy atom. The van der Waals surface area contributed by atoms with Gasteiger partial charge in [-0.3, -0.25) is 9.98 Å². The van der Waals surface area contributed by atoms with Crippen molar-refractivity contribution in [2.75, 3.05) is 16.8 Å². The molecule has 0 atom stereocenters. The number of carboxylic acid groups (broad SMARTS) is 1. The SMILES string of the molecule is Cc1cc(N2NC(c3cccc(OCC(=O)O)c3)=NN2c2ccc(S(=O)(=O)O)cc2)[nH]c1C. The lowest BCUT2D eigenvalue weighted by Gasteiger charge is -2.26. The van der Waals surface area contributed by atoms with Crippen molar-refractivity contribution in [3.8, 4) is 5.75 Å². The average molecular weight is 471 g/mol. The third-order valence-corrected chi connectivity index (χ3v) is 5.79. The van der Waals surface area contributed by atoms with Crippen LogP contribution in [0.4, 0.5) is 11.5 Å². The largest absolute Gasteiger partial charge is 0.482 e. The molecule has 11 nitrogen and oxygen atoms in total. The molecule has 3 aromatic rings. The van der Waals surface area contributed by atoms with E-state index in [1.807, 2.05) is 19.9 Å². The van der Waals surface area contributed by atoms with E-state index in [9.17, 15) is 17.8 Å². The average Bonchev–Trinajstić information content (AvgIpc) is 3.36. The van der Waals surface area contributed by atoms with E-state index < -0.39 is 22.7 Å². The highest BCUT2D eigenvalue weighted by Gasteiger charge is 2.28. The van der Waals surface area contributed by atoms with Crippen LogP contribution in [0.25, 0.3) is 0 Å². The van der Waals surface area contributed by atoms with E-state index in [2.05, 4.69) is 15.5 Å². The smallest absolute Gasteiger partial charge is 0.341 e. The van der Waals surface area contributed by atoms with Crippen LogP contribution in [-0.2, 0) is 14.9 Å². The second-order valence-electron chi connectivity index (χ2n) is 7.30. The van der Waals surface area contributed by atoms with E-state index >= 15 is 0 Å². The fraction of sp³-hybridized carbons (Fsp3) is 0.143. The fourth-order valence-corrected chi connectivity index (χ4v) is 3.63. The van der Waals surface area contributed by atoms with Gasteiger partial charge < -0.3 is 14.8 Å². The number of aromatic nitrogens is 1. The predicted octanol–water partition coefficient (Wildman–Crippen LogP) is 2.45. The molecule has 1 aliphatic rings. The first-order chi connectivity index (χ1) is 15.6. The molecule has 12 heteroatoms. The quantitative estimate of drug-likeness (QED) is 0.381. The molecule has 0 radical (unpaired) electrons. The number of carbonyl (C=O) groups is 1. The minimum Gasteiger partial charge on any atom is -0.482 e. The van der Waals surface area contributed by atoms with Crippen LogP contribution in [0, 0.1) is 13.8 Å². The van der Waals surface area contributed by atoms with E-state index in [0.717, 1.165) is 11.3 Å². The van der Waals surface area contributed by atoms with E-state index in [4.69, 9.17) is 9.84 Å². The number of rotatable bonds is 7. The summed E-state index contributed by atoms with van der Waals surface area (Å²) in [7, 11) is -4.33. The number of aromatic amines is 1. The lowest BCUT2D eigenvalue weighted by atomic mass is 10.2. The van der Waals surface area contributed by atoms with Crippen molar-refractivity contribution >= 4 is 33.4 Å². The van der Waals surface area contributed by atoms with Crippen molar-refractivity contribution in [1.82, 2.24) is 10.4 Å². The number of hydrogen-bond acceptors (Lipinski definition) is 8. The second-order valence-corrected chi connectivity index (χ2v) is 8.72. The molecular weight excluding hydrogens is 450 g/mol. The third kappa shape index (κ3) is 4.76. The summed E-state index contributed by atoms with van der Waals surface area (Å²) in [5, 5.41) is 16.6. The van der Waals surface area contributed by atoms with E-state index in [-0.39, 0.29) is 4.90 Å². The Labute approximate surface area is 189 Å². The van der Waals surface area contributed by atoms with Gasteiger partial charge in [0.25, 0.3) is 10.1 Å². The maximum atomic E-state index is 11.4. The minimum atomic E-state index is -4.33. The molecule has 2 aromatic carbocycles. The van der Waals surface area contributed by atoms with Gasteiger partial charge in [0.05, 0.1) is 10.6 Å². The fourth-order valence-electron chi connectivity index (χ4n) is 3.15. The number of benzene rings is 2. The number of hydrazone groups is 1. The summed E-state index contributed by atoms with van der Waals surface area (Å²) in [4.78, 5) is 13.8. The van der Waals surface area contributed by atoms with Gasteiger partial charge in [0.15, 0.2) is 18.3 Å². The van der Waals surface area contributed by atoms with Gasteiger partial charge in [-0.2, -0.15) is 13.5 Å². The monoisotopic (exact) mass is 471 g/mol. The van der Waals surface area contributed by atoms with Crippen LogP contribution in [0.3, 0.4) is 0 Å². The van der Waals surface area contributed by atoms with Gasteiger partial charge in [0, 0.05) is 11.3 Å². The molecule has 0 fully saturated rings. The number of aryl methyl sites for hydroxylation is 2. The highest BCUT2D eigenvalue weighted by Crippen LogP contribution is 2.28. The number of aliphatic carboxylic acids is 1. The molecule has 172 valence electrons. The van der Waals surface area contributed by atoms with Crippen molar-refractivity contribution < 1.29 is 27.6 Å². The first-order valence-electron chi connectivity index (χ1n) is 9.76. The van der Waals surface area contributed by atoms with Crippen molar-refractivity contribution in [2.24, 2.45) is 5.10 Å². The Balaban J connectivity index is 1.71. The summed E-state index contributed by atoms with van der Waals surface area (Å²) in [6.45, 7) is 3.43. The number of amidine groups is 1. The van der Waals surface area contributed by atoms with E-state index in [1.165, 1.54) is 29.4 Å². The lowest BCUT2D eigenvalue weighted by Crippen LogP contribution is -2.45. The standard InChI is InChI=1S/C21H21N5O6S/c1-13-10-19(22-14(13)2)26-24-21(15-4-3-5-17(11-15)32-12-20(27)28)23-25(26)16-6-8-18(9-7-16)33(29,30)31/h3-11,22H,12H2,1-2H3,(H,23,24)(H,27,28)(H,29,30,31). The highest BCUT2D eigenvalue weighted by atomic mass is 32.2. The maximum absolute atomic E-state index is 11.4. The van der Waals surface area contributed by atoms with E-state index in [0.29, 0.717) is 28.7 Å². The molecule has 0 aliphatic carbocycles. The number of hydrogen-bond donors (Lipinski definition) is 4. The molecule has 1 aliphatic heterocycles. The normalized spacial score (nSPS) is 13.6. The lowest BCUT2D eigenvalue weighted by molar-refractivity contribution is -0.139. The van der Waals surface area contributed by atoms with Crippen LogP contribution >= 0.6 is 0 Å².